The SMILES string of the molecule is CCOC(=O)[C@H]1CCc2ccccc2N1C. The number of para-hydroxylation sites is 1. The van der Waals surface area contributed by atoms with E-state index in [2.05, 4.69) is 12.1 Å². The number of benzene rings is 1. The van der Waals surface area contributed by atoms with Crippen LogP contribution in [-0.2, 0) is 16.0 Å². The summed E-state index contributed by atoms with van der Waals surface area (Å²) < 4.78 is 5.09. The second kappa shape index (κ2) is 4.56. The Bertz CT molecular complexity index is 389. The third-order valence-electron chi connectivity index (χ3n) is 3.08. The molecule has 0 fully saturated rings. The number of hydrogen-bond donors (Lipinski definition) is 0. The summed E-state index contributed by atoms with van der Waals surface area (Å²) >= 11 is 0. The van der Waals surface area contributed by atoms with Gasteiger partial charge in [0, 0.05) is 12.7 Å². The van der Waals surface area contributed by atoms with Crippen molar-refractivity contribution in [2.24, 2.45) is 0 Å². The molecule has 0 unspecified atom stereocenters. The highest BCUT2D eigenvalue weighted by Gasteiger charge is 2.29. The first-order chi connectivity index (χ1) is 7.74. The van der Waals surface area contributed by atoms with Gasteiger partial charge in [-0.25, -0.2) is 4.79 Å². The molecule has 1 atom stereocenters. The summed E-state index contributed by atoms with van der Waals surface area (Å²) in [4.78, 5) is 13.8. The molecule has 2 rings (SSSR count). The summed E-state index contributed by atoms with van der Waals surface area (Å²) in [5.41, 5.74) is 2.46. The molecule has 0 radical (unpaired) electrons. The molecule has 1 aliphatic heterocycles. The molecular formula is C13H17NO2. The van der Waals surface area contributed by atoms with Crippen molar-refractivity contribution >= 4 is 11.7 Å². The van der Waals surface area contributed by atoms with Gasteiger partial charge in [-0.15, -0.1) is 0 Å². The summed E-state index contributed by atoms with van der Waals surface area (Å²) in [6.45, 7) is 2.29. The quantitative estimate of drug-likeness (QED) is 0.712. The summed E-state index contributed by atoms with van der Waals surface area (Å²) in [6, 6.07) is 8.09. The summed E-state index contributed by atoms with van der Waals surface area (Å²) in [5, 5.41) is 0. The van der Waals surface area contributed by atoms with E-state index in [1.54, 1.807) is 0 Å². The maximum atomic E-state index is 11.8. The number of hydrogen-bond acceptors (Lipinski definition) is 3. The monoisotopic (exact) mass is 219 g/mol. The minimum atomic E-state index is -0.130. The van der Waals surface area contributed by atoms with Crippen LogP contribution in [-0.4, -0.2) is 25.7 Å². The Hall–Kier alpha value is -1.51. The number of carbonyl (C=O) groups excluding carboxylic acids is 1. The number of likely N-dealkylation sites (N-methyl/N-ethyl adjacent to an activating group) is 1. The molecule has 86 valence electrons. The van der Waals surface area contributed by atoms with E-state index in [0.717, 1.165) is 18.5 Å². The maximum Gasteiger partial charge on any atom is 0.328 e. The third-order valence-corrected chi connectivity index (χ3v) is 3.08. The molecular weight excluding hydrogens is 202 g/mol. The number of fused-ring (bicyclic) bond motifs is 1. The molecule has 0 saturated carbocycles. The van der Waals surface area contributed by atoms with Gasteiger partial charge in [-0.2, -0.15) is 0 Å². The Morgan fingerprint density at radius 1 is 1.50 bits per heavy atom. The second-order valence-corrected chi connectivity index (χ2v) is 4.05. The second-order valence-electron chi connectivity index (χ2n) is 4.05. The highest BCUT2D eigenvalue weighted by molar-refractivity contribution is 5.81. The predicted octanol–water partition coefficient (Wildman–Crippen LogP) is 2.00. The molecule has 1 aromatic carbocycles. The van der Waals surface area contributed by atoms with Crippen molar-refractivity contribution in [1.82, 2.24) is 0 Å². The fourth-order valence-corrected chi connectivity index (χ4v) is 2.23. The number of esters is 1. The minimum Gasteiger partial charge on any atom is -0.464 e. The van der Waals surface area contributed by atoms with Crippen LogP contribution in [0.2, 0.25) is 0 Å². The minimum absolute atomic E-state index is 0.112. The van der Waals surface area contributed by atoms with Crippen LogP contribution in [0.5, 0.6) is 0 Å². The zero-order valence-corrected chi connectivity index (χ0v) is 9.77. The topological polar surface area (TPSA) is 29.5 Å². The van der Waals surface area contributed by atoms with Gasteiger partial charge in [-0.05, 0) is 31.4 Å². The van der Waals surface area contributed by atoms with Gasteiger partial charge >= 0.3 is 5.97 Å². The number of aryl methyl sites for hydroxylation is 1. The Morgan fingerprint density at radius 2 is 2.25 bits per heavy atom. The molecule has 0 spiro atoms. The number of rotatable bonds is 2. The average Bonchev–Trinajstić information content (AvgIpc) is 2.30. The van der Waals surface area contributed by atoms with Crippen molar-refractivity contribution in [2.45, 2.75) is 25.8 Å². The predicted molar refractivity (Wildman–Crippen MR) is 63.6 cm³/mol. The van der Waals surface area contributed by atoms with Crippen LogP contribution in [0.4, 0.5) is 5.69 Å². The van der Waals surface area contributed by atoms with Crippen molar-refractivity contribution in [1.29, 1.82) is 0 Å². The number of ether oxygens (including phenoxy) is 1. The molecule has 1 aromatic rings. The van der Waals surface area contributed by atoms with Gasteiger partial charge in [-0.1, -0.05) is 18.2 Å². The molecule has 1 aliphatic rings. The van der Waals surface area contributed by atoms with Crippen LogP contribution in [0, 0.1) is 0 Å². The van der Waals surface area contributed by atoms with Crippen LogP contribution in [0.15, 0.2) is 24.3 Å². The molecule has 0 saturated heterocycles. The van der Waals surface area contributed by atoms with Crippen molar-refractivity contribution in [3.8, 4) is 0 Å². The standard InChI is InChI=1S/C13H17NO2/c1-3-16-13(15)12-9-8-10-6-4-5-7-11(10)14(12)2/h4-7,12H,3,8-9H2,1-2H3/t12-/m1/s1. The maximum absolute atomic E-state index is 11.8. The molecule has 0 N–H and O–H groups in total. The summed E-state index contributed by atoms with van der Waals surface area (Å²) in [5.74, 6) is -0.112. The molecule has 0 aliphatic carbocycles. The Morgan fingerprint density at radius 3 is 3.00 bits per heavy atom. The molecule has 3 heteroatoms. The summed E-state index contributed by atoms with van der Waals surface area (Å²) in [7, 11) is 1.96. The zero-order valence-electron chi connectivity index (χ0n) is 9.77. The van der Waals surface area contributed by atoms with Gasteiger partial charge < -0.3 is 9.64 Å². The van der Waals surface area contributed by atoms with Crippen molar-refractivity contribution < 1.29 is 9.53 Å². The van der Waals surface area contributed by atoms with Crippen molar-refractivity contribution in [3.05, 3.63) is 29.8 Å². The van der Waals surface area contributed by atoms with E-state index in [4.69, 9.17) is 4.74 Å². The average molecular weight is 219 g/mol. The normalized spacial score (nSPS) is 19.1. The van der Waals surface area contributed by atoms with Gasteiger partial charge in [-0.3, -0.25) is 0 Å². The molecule has 0 bridgehead atoms. The van der Waals surface area contributed by atoms with Gasteiger partial charge in [0.1, 0.15) is 6.04 Å². The first kappa shape index (κ1) is 11.0. The lowest BCUT2D eigenvalue weighted by Crippen LogP contribution is -2.43. The van der Waals surface area contributed by atoms with E-state index in [9.17, 15) is 4.79 Å². The Balaban J connectivity index is 2.21. The van der Waals surface area contributed by atoms with Gasteiger partial charge in [0.05, 0.1) is 6.61 Å². The lowest BCUT2D eigenvalue weighted by atomic mass is 9.96. The van der Waals surface area contributed by atoms with E-state index in [1.807, 2.05) is 31.0 Å². The van der Waals surface area contributed by atoms with E-state index in [-0.39, 0.29) is 12.0 Å². The van der Waals surface area contributed by atoms with Gasteiger partial charge in [0.25, 0.3) is 0 Å². The summed E-state index contributed by atoms with van der Waals surface area (Å²) in [6.07, 6.45) is 1.79. The number of anilines is 1. The number of nitrogens with zero attached hydrogens (tertiary/aromatic N) is 1. The largest absolute Gasteiger partial charge is 0.464 e. The molecule has 16 heavy (non-hydrogen) atoms. The zero-order chi connectivity index (χ0) is 11.5. The van der Waals surface area contributed by atoms with Crippen LogP contribution in [0.1, 0.15) is 18.9 Å². The van der Waals surface area contributed by atoms with Crippen LogP contribution in [0.3, 0.4) is 0 Å². The van der Waals surface area contributed by atoms with E-state index in [1.165, 1.54) is 5.56 Å². The third kappa shape index (κ3) is 1.90. The van der Waals surface area contributed by atoms with Crippen LogP contribution in [0.25, 0.3) is 0 Å². The van der Waals surface area contributed by atoms with Crippen LogP contribution >= 0.6 is 0 Å². The van der Waals surface area contributed by atoms with Crippen LogP contribution < -0.4 is 4.90 Å². The first-order valence-corrected chi connectivity index (χ1v) is 5.71. The lowest BCUT2D eigenvalue weighted by Gasteiger charge is -2.34. The molecule has 1 heterocycles. The van der Waals surface area contributed by atoms with Crippen molar-refractivity contribution in [3.63, 3.8) is 0 Å². The highest BCUT2D eigenvalue weighted by Crippen LogP contribution is 2.29. The lowest BCUT2D eigenvalue weighted by molar-refractivity contribution is -0.144. The molecule has 3 nitrogen and oxygen atoms in total. The fraction of sp³-hybridized carbons (Fsp3) is 0.462. The fourth-order valence-electron chi connectivity index (χ4n) is 2.23. The Labute approximate surface area is 96.0 Å². The molecule has 0 aromatic heterocycles. The Kier molecular flexibility index (Phi) is 3.13. The number of carbonyl (C=O) groups is 1. The van der Waals surface area contributed by atoms with Crippen molar-refractivity contribution in [2.75, 3.05) is 18.6 Å². The van der Waals surface area contributed by atoms with E-state index >= 15 is 0 Å². The van der Waals surface area contributed by atoms with Gasteiger partial charge in [0.2, 0.25) is 0 Å². The highest BCUT2D eigenvalue weighted by atomic mass is 16.5. The first-order valence-electron chi connectivity index (χ1n) is 5.71. The van der Waals surface area contributed by atoms with E-state index < -0.39 is 0 Å². The van der Waals surface area contributed by atoms with E-state index in [0.29, 0.717) is 6.61 Å². The van der Waals surface area contributed by atoms with Gasteiger partial charge in [0.15, 0.2) is 0 Å². The molecule has 0 amide bonds. The smallest absolute Gasteiger partial charge is 0.328 e.